The fraction of sp³-hybridized carbons (Fsp3) is 0.226. The molecular formula is C53H52Zr. The zero-order valence-corrected chi connectivity index (χ0v) is 35.6. The van der Waals surface area contributed by atoms with Crippen molar-refractivity contribution < 1.29 is 21.3 Å². The van der Waals surface area contributed by atoms with Crippen molar-refractivity contribution in [2.75, 3.05) is 0 Å². The quantitative estimate of drug-likeness (QED) is 0.158. The Bertz CT molecular complexity index is 2260. The van der Waals surface area contributed by atoms with E-state index in [1.807, 2.05) is 0 Å². The summed E-state index contributed by atoms with van der Waals surface area (Å²) in [6.07, 6.45) is 9.66. The first-order valence-corrected chi connectivity index (χ1v) is 23.7. The Morgan fingerprint density at radius 3 is 1.22 bits per heavy atom. The van der Waals surface area contributed by atoms with Crippen molar-refractivity contribution in [2.24, 2.45) is 0 Å². The molecule has 0 N–H and O–H groups in total. The molecule has 54 heavy (non-hydrogen) atoms. The molecule has 0 spiro atoms. The van der Waals surface area contributed by atoms with Crippen molar-refractivity contribution in [1.29, 1.82) is 0 Å². The molecule has 0 saturated carbocycles. The number of hydrogen-bond donors (Lipinski definition) is 0. The van der Waals surface area contributed by atoms with Gasteiger partial charge in [-0.1, -0.05) is 0 Å². The van der Waals surface area contributed by atoms with Crippen LogP contribution in [0.3, 0.4) is 0 Å². The zero-order chi connectivity index (χ0) is 37.8. The Kier molecular flexibility index (Phi) is 9.69. The molecule has 1 heteroatoms. The van der Waals surface area contributed by atoms with Gasteiger partial charge in [0.1, 0.15) is 0 Å². The third-order valence-corrected chi connectivity index (χ3v) is 20.1. The van der Waals surface area contributed by atoms with Gasteiger partial charge in [-0.15, -0.1) is 0 Å². The first kappa shape index (κ1) is 36.5. The zero-order valence-electron chi connectivity index (χ0n) is 33.2. The van der Waals surface area contributed by atoms with Gasteiger partial charge >= 0.3 is 334 Å². The van der Waals surface area contributed by atoms with E-state index in [1.165, 1.54) is 77.9 Å². The molecule has 2 aliphatic rings. The molecule has 8 rings (SSSR count). The van der Waals surface area contributed by atoms with Crippen molar-refractivity contribution in [3.63, 3.8) is 0 Å². The van der Waals surface area contributed by atoms with E-state index < -0.39 is 21.3 Å². The molecule has 6 aromatic rings. The number of hydrogen-bond acceptors (Lipinski definition) is 0. The van der Waals surface area contributed by atoms with Gasteiger partial charge in [-0.3, -0.25) is 0 Å². The van der Waals surface area contributed by atoms with Gasteiger partial charge in [-0.25, -0.2) is 0 Å². The number of aryl methyl sites for hydroxylation is 2. The van der Waals surface area contributed by atoms with Gasteiger partial charge < -0.3 is 0 Å². The normalized spacial score (nSPS) is 14.0. The summed E-state index contributed by atoms with van der Waals surface area (Å²) < 4.78 is 2.32. The third-order valence-electron chi connectivity index (χ3n) is 11.5. The fourth-order valence-corrected chi connectivity index (χ4v) is 18.0. The van der Waals surface area contributed by atoms with Crippen LogP contribution in [0.1, 0.15) is 89.7 Å². The monoisotopic (exact) mass is 778 g/mol. The second kappa shape index (κ2) is 14.3. The molecule has 2 aliphatic carbocycles. The molecule has 0 aliphatic heterocycles. The number of rotatable bonds is 6. The second-order valence-electron chi connectivity index (χ2n) is 17.5. The molecule has 268 valence electrons. The summed E-state index contributed by atoms with van der Waals surface area (Å²) in [6, 6.07) is 51.6. The number of benzene rings is 6. The summed E-state index contributed by atoms with van der Waals surface area (Å²) in [4.78, 5) is 0. The van der Waals surface area contributed by atoms with E-state index >= 15 is 0 Å². The van der Waals surface area contributed by atoms with Gasteiger partial charge in [0.15, 0.2) is 0 Å². The van der Waals surface area contributed by atoms with E-state index in [1.54, 1.807) is 3.21 Å². The molecule has 0 unspecified atom stereocenters. The van der Waals surface area contributed by atoms with Crippen LogP contribution in [0.2, 0.25) is 3.63 Å². The predicted molar refractivity (Wildman–Crippen MR) is 230 cm³/mol. The summed E-state index contributed by atoms with van der Waals surface area (Å²) in [5.41, 5.74) is 19.3. The van der Waals surface area contributed by atoms with Crippen LogP contribution in [0.4, 0.5) is 0 Å². The average molecular weight is 780 g/mol. The van der Waals surface area contributed by atoms with Crippen LogP contribution < -0.4 is 0 Å². The molecule has 0 radical (unpaired) electrons. The van der Waals surface area contributed by atoms with E-state index in [-0.39, 0.29) is 10.8 Å². The molecule has 0 aromatic heterocycles. The van der Waals surface area contributed by atoms with Crippen LogP contribution in [0.25, 0.3) is 33.4 Å². The minimum atomic E-state index is -2.91. The Balaban J connectivity index is 1.55. The predicted octanol–water partition coefficient (Wildman–Crippen LogP) is 14.1. The van der Waals surface area contributed by atoms with Gasteiger partial charge in [0, 0.05) is 0 Å². The van der Waals surface area contributed by atoms with Crippen LogP contribution in [-0.2, 0) is 32.1 Å². The molecule has 0 saturated heterocycles. The molecule has 6 aromatic carbocycles. The van der Waals surface area contributed by atoms with E-state index in [0.29, 0.717) is 7.25 Å². The van der Waals surface area contributed by atoms with Gasteiger partial charge in [0.05, 0.1) is 0 Å². The molecule has 0 fully saturated rings. The van der Waals surface area contributed by atoms with Crippen LogP contribution >= 0.6 is 0 Å². The Hall–Kier alpha value is -4.45. The van der Waals surface area contributed by atoms with Gasteiger partial charge in [0.2, 0.25) is 0 Å². The van der Waals surface area contributed by atoms with E-state index in [0.717, 1.165) is 0 Å². The standard InChI is InChI=1S/C33H33.C15H14.C5H5.Zr/c1-32(2,3)30-20-26-24(18-28(30)22-13-9-7-10-14-22)17-25-19-29(23-15-11-8-12-16-23)31(21-27(25)26)33(4,5)6;1-12-3-7-14(8-4-12)11-15-9-5-13(2)6-10-15;1-2-4-5-3-1;/h7-21H,1-6H3;3-10H,1-2H3;1-5H;. The van der Waals surface area contributed by atoms with Crippen LogP contribution in [0, 0.1) is 13.8 Å². The van der Waals surface area contributed by atoms with Crippen LogP contribution in [0.5, 0.6) is 0 Å². The van der Waals surface area contributed by atoms with Gasteiger partial charge in [-0.2, -0.15) is 0 Å². The van der Waals surface area contributed by atoms with Gasteiger partial charge in [-0.05, 0) is 0 Å². The van der Waals surface area contributed by atoms with E-state index in [4.69, 9.17) is 0 Å². The van der Waals surface area contributed by atoms with E-state index in [9.17, 15) is 0 Å². The Morgan fingerprint density at radius 1 is 0.463 bits per heavy atom. The van der Waals surface area contributed by atoms with E-state index in [2.05, 4.69) is 213 Å². The maximum atomic E-state index is 2.64. The van der Waals surface area contributed by atoms with Crippen molar-refractivity contribution in [1.82, 2.24) is 0 Å². The second-order valence-corrected chi connectivity index (χ2v) is 24.0. The number of fused-ring (bicyclic) bond motifs is 3. The Morgan fingerprint density at radius 2 is 0.852 bits per heavy atom. The topological polar surface area (TPSA) is 0 Å². The average Bonchev–Trinajstić information content (AvgIpc) is 3.80. The SMILES string of the molecule is Cc1ccc([C](c2ccc(C)cc2)=[Zr]([CH]2C=CC=C2)[CH]2c3cc(-c4ccccc4)c(C(C)(C)C)cc3-c3cc(C(C)(C)C)c(-c4ccccc4)cc32)cc1. The number of allylic oxidation sites excluding steroid dienone is 4. The molecule has 0 nitrogen and oxygen atoms in total. The van der Waals surface area contributed by atoms with Crippen LogP contribution in [-0.4, -0.2) is 3.21 Å². The minimum absolute atomic E-state index is 0.0329. The summed E-state index contributed by atoms with van der Waals surface area (Å²) in [5, 5.41) is 0. The molecule has 0 heterocycles. The third kappa shape index (κ3) is 6.86. The van der Waals surface area contributed by atoms with Crippen molar-refractivity contribution in [2.45, 2.75) is 73.5 Å². The summed E-state index contributed by atoms with van der Waals surface area (Å²) in [7, 11) is 0. The van der Waals surface area contributed by atoms with Gasteiger partial charge in [0.25, 0.3) is 0 Å². The molecule has 0 amide bonds. The molecular weight excluding hydrogens is 728 g/mol. The first-order chi connectivity index (χ1) is 25.9. The summed E-state index contributed by atoms with van der Waals surface area (Å²) in [6.45, 7) is 18.7. The maximum absolute atomic E-state index is 2.91. The molecule has 0 bridgehead atoms. The summed E-state index contributed by atoms with van der Waals surface area (Å²) in [5.74, 6) is 0. The van der Waals surface area contributed by atoms with Crippen LogP contribution in [0.15, 0.2) is 158 Å². The first-order valence-electron chi connectivity index (χ1n) is 19.6. The van der Waals surface area contributed by atoms with Crippen molar-refractivity contribution >= 4 is 3.21 Å². The van der Waals surface area contributed by atoms with Crippen molar-refractivity contribution in [3.05, 3.63) is 202 Å². The van der Waals surface area contributed by atoms with Crippen molar-refractivity contribution in [3.8, 4) is 33.4 Å². The molecule has 0 atom stereocenters. The fourth-order valence-electron chi connectivity index (χ4n) is 8.72. The Labute approximate surface area is 331 Å². The summed E-state index contributed by atoms with van der Waals surface area (Å²) >= 11 is -2.91.